The van der Waals surface area contributed by atoms with Gasteiger partial charge in [0, 0.05) is 22.3 Å². The summed E-state index contributed by atoms with van der Waals surface area (Å²) in [6, 6.07) is 20.8. The summed E-state index contributed by atoms with van der Waals surface area (Å²) in [5, 5.41) is 5.36. The molecule has 5 nitrogen and oxygen atoms in total. The maximum Gasteiger partial charge on any atom is 0.232 e. The molecular formula is C27H21ClN2O3. The molecule has 6 heteroatoms. The number of nitrogens with zero attached hydrogens (tertiary/aromatic N) is 2. The van der Waals surface area contributed by atoms with Crippen molar-refractivity contribution in [3.8, 4) is 28.4 Å². The summed E-state index contributed by atoms with van der Waals surface area (Å²) in [6.07, 6.45) is 3.65. The maximum atomic E-state index is 13.0. The predicted molar refractivity (Wildman–Crippen MR) is 129 cm³/mol. The fraction of sp³-hybridized carbons (Fsp3) is 0.111. The Morgan fingerprint density at radius 2 is 1.88 bits per heavy atom. The number of ketones is 1. The number of carbonyl (C=O) groups is 1. The predicted octanol–water partition coefficient (Wildman–Crippen LogP) is 6.52. The largest absolute Gasteiger partial charge is 0.494 e. The highest BCUT2D eigenvalue weighted by molar-refractivity contribution is 6.31. The van der Waals surface area contributed by atoms with Crippen LogP contribution in [0, 0.1) is 6.92 Å². The molecule has 1 aromatic heterocycles. The summed E-state index contributed by atoms with van der Waals surface area (Å²) in [4.78, 5) is 13.0. The molecule has 0 bridgehead atoms. The van der Waals surface area contributed by atoms with Gasteiger partial charge in [-0.1, -0.05) is 29.8 Å². The molecule has 0 saturated carbocycles. The van der Waals surface area contributed by atoms with Gasteiger partial charge in [-0.25, -0.2) is 4.68 Å². The van der Waals surface area contributed by atoms with Gasteiger partial charge in [-0.2, -0.15) is 5.10 Å². The first-order valence-electron chi connectivity index (χ1n) is 10.7. The van der Waals surface area contributed by atoms with Crippen molar-refractivity contribution in [1.29, 1.82) is 0 Å². The third kappa shape index (κ3) is 4.03. The number of aromatic nitrogens is 2. The number of rotatable bonds is 5. The number of halogens is 1. The second-order valence-electron chi connectivity index (χ2n) is 7.70. The number of hydrogen-bond acceptors (Lipinski definition) is 4. The summed E-state index contributed by atoms with van der Waals surface area (Å²) >= 11 is 6.07. The molecule has 0 N–H and O–H groups in total. The minimum atomic E-state index is -0.200. The van der Waals surface area contributed by atoms with Crippen LogP contribution in [0.4, 0.5) is 0 Å². The molecule has 0 atom stereocenters. The Kier molecular flexibility index (Phi) is 5.48. The van der Waals surface area contributed by atoms with E-state index in [1.807, 2.05) is 68.6 Å². The first kappa shape index (κ1) is 21.0. The topological polar surface area (TPSA) is 53.4 Å². The number of aryl methyl sites for hydroxylation is 1. The number of benzene rings is 3. The number of Topliss-reactive ketones (excluding diaryl/α,β-unsaturated/α-hetero) is 1. The van der Waals surface area contributed by atoms with Crippen molar-refractivity contribution in [2.75, 3.05) is 6.61 Å². The van der Waals surface area contributed by atoms with Gasteiger partial charge < -0.3 is 9.47 Å². The molecular weight excluding hydrogens is 436 g/mol. The van der Waals surface area contributed by atoms with Gasteiger partial charge in [-0.05, 0) is 74.0 Å². The lowest BCUT2D eigenvalue weighted by atomic mass is 10.0. The number of allylic oxidation sites excluding steroid dienone is 1. The molecule has 0 saturated heterocycles. The standard InChI is InChI=1S/C27H21ClN2O3/c1-3-32-21-10-11-22(17(2)13-21)26-18(16-30(29-26)20-7-5-4-6-8-20)14-25-27(31)23-15-19(28)9-12-24(23)33-25/h4-16H,3H2,1-2H3/b25-14-. The van der Waals surface area contributed by atoms with Crippen LogP contribution >= 0.6 is 11.6 Å². The zero-order valence-corrected chi connectivity index (χ0v) is 19.0. The molecule has 0 aliphatic carbocycles. The van der Waals surface area contributed by atoms with Crippen LogP contribution in [0.15, 0.2) is 78.7 Å². The van der Waals surface area contributed by atoms with Crippen molar-refractivity contribution in [2.45, 2.75) is 13.8 Å². The van der Waals surface area contributed by atoms with E-state index in [1.54, 1.807) is 29.0 Å². The minimum Gasteiger partial charge on any atom is -0.494 e. The first-order valence-corrected chi connectivity index (χ1v) is 11.0. The van der Waals surface area contributed by atoms with Crippen molar-refractivity contribution < 1.29 is 14.3 Å². The van der Waals surface area contributed by atoms with Gasteiger partial charge in [-0.15, -0.1) is 0 Å². The normalized spacial score (nSPS) is 13.8. The monoisotopic (exact) mass is 456 g/mol. The second kappa shape index (κ2) is 8.60. The van der Waals surface area contributed by atoms with Gasteiger partial charge in [0.1, 0.15) is 17.2 Å². The Hall–Kier alpha value is -3.83. The third-order valence-corrected chi connectivity index (χ3v) is 5.68. The van der Waals surface area contributed by atoms with Gasteiger partial charge in [0.15, 0.2) is 5.76 Å². The lowest BCUT2D eigenvalue weighted by Gasteiger charge is -2.08. The lowest BCUT2D eigenvalue weighted by molar-refractivity contribution is 0.101. The van der Waals surface area contributed by atoms with E-state index in [0.717, 1.165) is 33.8 Å². The molecule has 2 heterocycles. The van der Waals surface area contributed by atoms with Crippen LogP contribution in [0.25, 0.3) is 23.0 Å². The minimum absolute atomic E-state index is 0.200. The summed E-state index contributed by atoms with van der Waals surface area (Å²) in [5.74, 6) is 1.35. The second-order valence-corrected chi connectivity index (χ2v) is 8.14. The van der Waals surface area contributed by atoms with Crippen molar-refractivity contribution in [3.05, 3.63) is 100 Å². The highest BCUT2D eigenvalue weighted by Crippen LogP contribution is 2.36. The Morgan fingerprint density at radius 3 is 2.64 bits per heavy atom. The van der Waals surface area contributed by atoms with Crippen molar-refractivity contribution in [2.24, 2.45) is 0 Å². The molecule has 0 fully saturated rings. The van der Waals surface area contributed by atoms with E-state index in [2.05, 4.69) is 0 Å². The molecule has 164 valence electrons. The zero-order chi connectivity index (χ0) is 22.9. The Morgan fingerprint density at radius 1 is 1.06 bits per heavy atom. The van der Waals surface area contributed by atoms with Crippen LogP contribution in [-0.2, 0) is 0 Å². The molecule has 0 unspecified atom stereocenters. The van der Waals surface area contributed by atoms with Gasteiger partial charge in [-0.3, -0.25) is 4.79 Å². The van der Waals surface area contributed by atoms with E-state index in [1.165, 1.54) is 0 Å². The number of ether oxygens (including phenoxy) is 2. The van der Waals surface area contributed by atoms with E-state index >= 15 is 0 Å². The van der Waals surface area contributed by atoms with Gasteiger partial charge in [0.2, 0.25) is 5.78 Å². The number of hydrogen-bond donors (Lipinski definition) is 0. The zero-order valence-electron chi connectivity index (χ0n) is 18.2. The van der Waals surface area contributed by atoms with Crippen LogP contribution in [0.3, 0.4) is 0 Å². The molecule has 1 aliphatic heterocycles. The average Bonchev–Trinajstić information content (AvgIpc) is 3.36. The third-order valence-electron chi connectivity index (χ3n) is 5.44. The van der Waals surface area contributed by atoms with Crippen LogP contribution in [0.5, 0.6) is 11.5 Å². The molecule has 4 aromatic rings. The quantitative estimate of drug-likeness (QED) is 0.321. The van der Waals surface area contributed by atoms with Gasteiger partial charge >= 0.3 is 0 Å². The van der Waals surface area contributed by atoms with Gasteiger partial charge in [0.05, 0.1) is 17.9 Å². The SMILES string of the molecule is CCOc1ccc(-c2nn(-c3ccccc3)cc2/C=C2\Oc3ccc(Cl)cc3C2=O)c(C)c1. The smallest absolute Gasteiger partial charge is 0.232 e. The van der Waals surface area contributed by atoms with Crippen LogP contribution in [0.1, 0.15) is 28.4 Å². The molecule has 33 heavy (non-hydrogen) atoms. The highest BCUT2D eigenvalue weighted by Gasteiger charge is 2.28. The van der Waals surface area contributed by atoms with E-state index in [4.69, 9.17) is 26.2 Å². The molecule has 0 amide bonds. The average molecular weight is 457 g/mol. The first-order chi connectivity index (χ1) is 16.0. The lowest BCUT2D eigenvalue weighted by Crippen LogP contribution is -1.98. The Balaban J connectivity index is 1.62. The highest BCUT2D eigenvalue weighted by atomic mass is 35.5. The van der Waals surface area contributed by atoms with Crippen molar-refractivity contribution in [3.63, 3.8) is 0 Å². The van der Waals surface area contributed by atoms with E-state index < -0.39 is 0 Å². The summed E-state index contributed by atoms with van der Waals surface area (Å²) in [7, 11) is 0. The molecule has 0 radical (unpaired) electrons. The number of carbonyl (C=O) groups excluding carboxylic acids is 1. The summed E-state index contributed by atoms with van der Waals surface area (Å²) in [6.45, 7) is 4.58. The van der Waals surface area contributed by atoms with Crippen molar-refractivity contribution in [1.82, 2.24) is 9.78 Å². The van der Waals surface area contributed by atoms with Crippen LogP contribution < -0.4 is 9.47 Å². The molecule has 0 spiro atoms. The number of fused-ring (bicyclic) bond motifs is 1. The van der Waals surface area contributed by atoms with Crippen LogP contribution in [-0.4, -0.2) is 22.2 Å². The Bertz CT molecular complexity index is 1390. The van der Waals surface area contributed by atoms with Crippen LogP contribution in [0.2, 0.25) is 5.02 Å². The molecule has 3 aromatic carbocycles. The summed E-state index contributed by atoms with van der Waals surface area (Å²) in [5.41, 5.74) is 4.87. The Labute approximate surface area is 196 Å². The fourth-order valence-corrected chi connectivity index (χ4v) is 4.05. The van der Waals surface area contributed by atoms with Gasteiger partial charge in [0.25, 0.3) is 0 Å². The number of para-hydroxylation sites is 1. The fourth-order valence-electron chi connectivity index (χ4n) is 3.88. The molecule has 5 rings (SSSR count). The molecule has 1 aliphatic rings. The van der Waals surface area contributed by atoms with E-state index in [-0.39, 0.29) is 11.5 Å². The van der Waals surface area contributed by atoms with E-state index in [9.17, 15) is 4.79 Å². The van der Waals surface area contributed by atoms with Crippen molar-refractivity contribution >= 4 is 23.5 Å². The van der Waals surface area contributed by atoms with E-state index in [0.29, 0.717) is 22.9 Å². The maximum absolute atomic E-state index is 13.0. The summed E-state index contributed by atoms with van der Waals surface area (Å²) < 4.78 is 13.3.